The average molecular weight is 426 g/mol. The molecule has 1 saturated heterocycles. The smallest absolute Gasteiger partial charge is 0.261 e. The van der Waals surface area contributed by atoms with Crippen molar-refractivity contribution in [1.29, 1.82) is 0 Å². The van der Waals surface area contributed by atoms with Crippen LogP contribution in [0.5, 0.6) is 0 Å². The van der Waals surface area contributed by atoms with Gasteiger partial charge in [0.15, 0.2) is 5.11 Å². The van der Waals surface area contributed by atoms with Crippen LogP contribution < -0.4 is 15.4 Å². The van der Waals surface area contributed by atoms with Gasteiger partial charge in [0.05, 0.1) is 16.7 Å². The van der Waals surface area contributed by atoms with Crippen molar-refractivity contribution in [3.63, 3.8) is 0 Å². The molecule has 144 valence electrons. The lowest BCUT2D eigenvalue weighted by molar-refractivity contribution is 0.114. The second-order valence-electron chi connectivity index (χ2n) is 6.11. The molecular formula is C18H20ClN3O3S2. The lowest BCUT2D eigenvalue weighted by atomic mass is 10.2. The molecule has 2 aromatic carbocycles. The largest absolute Gasteiger partial charge is 0.376 e. The van der Waals surface area contributed by atoms with Gasteiger partial charge in [-0.3, -0.25) is 4.72 Å². The molecule has 2 aromatic rings. The summed E-state index contributed by atoms with van der Waals surface area (Å²) < 4.78 is 33.3. The van der Waals surface area contributed by atoms with Crippen molar-refractivity contribution in [3.8, 4) is 0 Å². The third-order valence-corrected chi connectivity index (χ3v) is 5.85. The van der Waals surface area contributed by atoms with E-state index in [1.165, 1.54) is 12.1 Å². The Labute approximate surface area is 169 Å². The summed E-state index contributed by atoms with van der Waals surface area (Å²) in [6.45, 7) is 1.41. The molecule has 1 fully saturated rings. The molecule has 3 N–H and O–H groups in total. The molecule has 0 aliphatic carbocycles. The fourth-order valence-corrected chi connectivity index (χ4v) is 4.18. The van der Waals surface area contributed by atoms with E-state index in [0.29, 0.717) is 28.1 Å². The maximum absolute atomic E-state index is 12.6. The minimum Gasteiger partial charge on any atom is -0.376 e. The van der Waals surface area contributed by atoms with Crippen molar-refractivity contribution in [2.75, 3.05) is 23.2 Å². The van der Waals surface area contributed by atoms with E-state index >= 15 is 0 Å². The molecule has 1 aliphatic heterocycles. The van der Waals surface area contributed by atoms with E-state index in [9.17, 15) is 8.42 Å². The average Bonchev–Trinajstić information content (AvgIpc) is 3.13. The first-order chi connectivity index (χ1) is 12.9. The molecule has 0 radical (unpaired) electrons. The lowest BCUT2D eigenvalue weighted by Gasteiger charge is -2.15. The Morgan fingerprint density at radius 2 is 1.96 bits per heavy atom. The Bertz CT molecular complexity index is 916. The van der Waals surface area contributed by atoms with Gasteiger partial charge in [0.2, 0.25) is 0 Å². The number of nitrogens with one attached hydrogen (secondary N) is 3. The maximum atomic E-state index is 12.6. The zero-order valence-corrected chi connectivity index (χ0v) is 16.8. The van der Waals surface area contributed by atoms with Gasteiger partial charge in [0.25, 0.3) is 10.0 Å². The van der Waals surface area contributed by atoms with Gasteiger partial charge < -0.3 is 15.4 Å². The van der Waals surface area contributed by atoms with E-state index in [2.05, 4.69) is 15.4 Å². The first-order valence-electron chi connectivity index (χ1n) is 8.47. The van der Waals surface area contributed by atoms with Gasteiger partial charge in [-0.05, 0) is 61.5 Å². The molecule has 0 bridgehead atoms. The van der Waals surface area contributed by atoms with E-state index in [1.54, 1.807) is 36.4 Å². The number of thiocarbonyl (C=S) groups is 1. The minimum atomic E-state index is -3.75. The Morgan fingerprint density at radius 3 is 2.70 bits per heavy atom. The predicted octanol–water partition coefficient (Wildman–Crippen LogP) is 3.61. The fraction of sp³-hybridized carbons (Fsp3) is 0.278. The number of sulfonamides is 1. The van der Waals surface area contributed by atoms with Gasteiger partial charge in [-0.15, -0.1) is 0 Å². The molecule has 9 heteroatoms. The zero-order chi connectivity index (χ0) is 19.3. The van der Waals surface area contributed by atoms with Gasteiger partial charge in [-0.1, -0.05) is 23.7 Å². The molecule has 0 spiro atoms. The molecule has 6 nitrogen and oxygen atoms in total. The molecule has 0 amide bonds. The van der Waals surface area contributed by atoms with E-state index < -0.39 is 10.0 Å². The quantitative estimate of drug-likeness (QED) is 0.613. The summed E-state index contributed by atoms with van der Waals surface area (Å²) in [5.41, 5.74) is 0.975. The van der Waals surface area contributed by atoms with Crippen molar-refractivity contribution in [1.82, 2.24) is 5.32 Å². The number of ether oxygens (including phenoxy) is 1. The van der Waals surface area contributed by atoms with Gasteiger partial charge in [-0.2, -0.15) is 0 Å². The van der Waals surface area contributed by atoms with Crippen LogP contribution in [0.1, 0.15) is 12.8 Å². The van der Waals surface area contributed by atoms with Gasteiger partial charge in [0.1, 0.15) is 0 Å². The second kappa shape index (κ2) is 8.88. The van der Waals surface area contributed by atoms with Gasteiger partial charge in [-0.25, -0.2) is 8.42 Å². The summed E-state index contributed by atoms with van der Waals surface area (Å²) in [5, 5.41) is 6.97. The molecule has 1 unspecified atom stereocenters. The third kappa shape index (κ3) is 5.80. The molecular weight excluding hydrogens is 406 g/mol. The zero-order valence-electron chi connectivity index (χ0n) is 14.4. The van der Waals surface area contributed by atoms with Crippen LogP contribution in [0.2, 0.25) is 5.02 Å². The highest BCUT2D eigenvalue weighted by Crippen LogP contribution is 2.21. The van der Waals surface area contributed by atoms with Gasteiger partial charge >= 0.3 is 0 Å². The van der Waals surface area contributed by atoms with Crippen LogP contribution in [0, 0.1) is 0 Å². The number of hydrogen-bond donors (Lipinski definition) is 3. The highest BCUT2D eigenvalue weighted by Gasteiger charge is 2.17. The molecule has 0 saturated carbocycles. The number of hydrogen-bond acceptors (Lipinski definition) is 4. The minimum absolute atomic E-state index is 0.120. The summed E-state index contributed by atoms with van der Waals surface area (Å²) in [4.78, 5) is 0.120. The van der Waals surface area contributed by atoms with E-state index in [1.807, 2.05) is 0 Å². The van der Waals surface area contributed by atoms with Crippen molar-refractivity contribution in [2.45, 2.75) is 23.8 Å². The second-order valence-corrected chi connectivity index (χ2v) is 8.64. The van der Waals surface area contributed by atoms with Crippen LogP contribution >= 0.6 is 23.8 Å². The van der Waals surface area contributed by atoms with Crippen LogP contribution in [-0.2, 0) is 14.8 Å². The molecule has 1 aliphatic rings. The van der Waals surface area contributed by atoms with Crippen molar-refractivity contribution in [2.24, 2.45) is 0 Å². The molecule has 1 heterocycles. The lowest BCUT2D eigenvalue weighted by Crippen LogP contribution is -2.34. The first kappa shape index (κ1) is 19.9. The Morgan fingerprint density at radius 1 is 1.19 bits per heavy atom. The fourth-order valence-electron chi connectivity index (χ4n) is 2.69. The van der Waals surface area contributed by atoms with Crippen molar-refractivity contribution >= 4 is 50.3 Å². The topological polar surface area (TPSA) is 79.5 Å². The first-order valence-corrected chi connectivity index (χ1v) is 10.7. The highest BCUT2D eigenvalue weighted by molar-refractivity contribution is 7.92. The highest BCUT2D eigenvalue weighted by atomic mass is 35.5. The van der Waals surface area contributed by atoms with E-state index in [0.717, 1.165) is 19.4 Å². The van der Waals surface area contributed by atoms with Crippen LogP contribution in [-0.4, -0.2) is 32.8 Å². The summed E-state index contributed by atoms with van der Waals surface area (Å²) in [6, 6.07) is 13.0. The van der Waals surface area contributed by atoms with E-state index in [-0.39, 0.29) is 11.0 Å². The summed E-state index contributed by atoms with van der Waals surface area (Å²) in [5.74, 6) is 0. The molecule has 1 atom stereocenters. The van der Waals surface area contributed by atoms with Crippen LogP contribution in [0.25, 0.3) is 0 Å². The number of rotatable bonds is 6. The van der Waals surface area contributed by atoms with E-state index in [4.69, 9.17) is 28.6 Å². The van der Waals surface area contributed by atoms with Crippen LogP contribution in [0.4, 0.5) is 11.4 Å². The monoisotopic (exact) mass is 425 g/mol. The van der Waals surface area contributed by atoms with Gasteiger partial charge in [0, 0.05) is 23.9 Å². The maximum Gasteiger partial charge on any atom is 0.261 e. The van der Waals surface area contributed by atoms with Crippen LogP contribution in [0.15, 0.2) is 53.4 Å². The molecule has 0 aromatic heterocycles. The molecule has 27 heavy (non-hydrogen) atoms. The summed E-state index contributed by atoms with van der Waals surface area (Å²) in [7, 11) is -3.75. The normalized spacial score (nSPS) is 16.7. The Hall–Kier alpha value is -1.87. The number of anilines is 2. The number of halogens is 1. The standard InChI is InChI=1S/C18H20ClN3O3S2/c19-13-4-1-6-15(10-13)22-27(23,24)17-8-2-5-14(11-17)21-18(26)20-12-16-7-3-9-25-16/h1-2,4-6,8,10-11,16,22H,3,7,9,12H2,(H2,20,21,26). The third-order valence-electron chi connectivity index (χ3n) is 3.99. The summed E-state index contributed by atoms with van der Waals surface area (Å²) in [6.07, 6.45) is 2.24. The van der Waals surface area contributed by atoms with Crippen molar-refractivity contribution in [3.05, 3.63) is 53.6 Å². The molecule has 3 rings (SSSR count). The predicted molar refractivity (Wildman–Crippen MR) is 112 cm³/mol. The van der Waals surface area contributed by atoms with Crippen molar-refractivity contribution < 1.29 is 13.2 Å². The Kier molecular flexibility index (Phi) is 6.54. The number of benzene rings is 2. The summed E-state index contributed by atoms with van der Waals surface area (Å²) >= 11 is 11.2. The van der Waals surface area contributed by atoms with Crippen LogP contribution in [0.3, 0.4) is 0 Å². The Balaban J connectivity index is 1.64. The SMILES string of the molecule is O=S(=O)(Nc1cccc(Cl)c1)c1cccc(NC(=S)NCC2CCCO2)c1.